The first-order valence-corrected chi connectivity index (χ1v) is 19.4. The predicted molar refractivity (Wildman–Crippen MR) is 210 cm³/mol. The summed E-state index contributed by atoms with van der Waals surface area (Å²) in [6.07, 6.45) is 6.34. The van der Waals surface area contributed by atoms with Gasteiger partial charge in [0.25, 0.3) is 0 Å². The summed E-state index contributed by atoms with van der Waals surface area (Å²) >= 11 is 6.95. The molecule has 2 fully saturated rings. The fourth-order valence-corrected chi connectivity index (χ4v) is 8.06. The molecule has 1 amide bonds. The molecule has 7 rings (SSSR count). The Morgan fingerprint density at radius 3 is 2.63 bits per heavy atom. The first-order chi connectivity index (χ1) is 26.4. The average molecular weight is 744 g/mol. The lowest BCUT2D eigenvalue weighted by molar-refractivity contribution is -0.122. The van der Waals surface area contributed by atoms with E-state index in [1.807, 2.05) is 12.1 Å². The molecule has 2 aliphatic heterocycles. The van der Waals surface area contributed by atoms with Gasteiger partial charge in [-0.05, 0) is 122 Å². The van der Waals surface area contributed by atoms with Gasteiger partial charge >= 0.3 is 0 Å². The second kappa shape index (κ2) is 17.4. The molecule has 9 nitrogen and oxygen atoms in total. The smallest absolute Gasteiger partial charge is 0.220 e. The first-order valence-electron chi connectivity index (χ1n) is 19.0. The maximum absolute atomic E-state index is 11.7. The molecule has 0 aromatic heterocycles. The molecule has 0 bridgehead atoms. The van der Waals surface area contributed by atoms with E-state index in [1.165, 1.54) is 42.6 Å². The fraction of sp³-hybridized carbons (Fsp3) is 0.386. The summed E-state index contributed by atoms with van der Waals surface area (Å²) in [5.74, 6) is 2.12. The van der Waals surface area contributed by atoms with Crippen molar-refractivity contribution < 1.29 is 19.0 Å². The zero-order valence-electron chi connectivity index (χ0n) is 30.8. The van der Waals surface area contributed by atoms with E-state index >= 15 is 0 Å². The van der Waals surface area contributed by atoms with Crippen molar-refractivity contribution in [3.63, 3.8) is 0 Å². The molecule has 4 aromatic rings. The fourth-order valence-electron chi connectivity index (χ4n) is 7.83. The Labute approximate surface area is 323 Å². The van der Waals surface area contributed by atoms with Crippen LogP contribution < -0.4 is 24.8 Å². The molecular formula is C44H46ClN5O4. The lowest BCUT2D eigenvalue weighted by Crippen LogP contribution is -2.45. The van der Waals surface area contributed by atoms with Gasteiger partial charge in [-0.1, -0.05) is 41.9 Å². The molecular weight excluding hydrogens is 698 g/mol. The summed E-state index contributed by atoms with van der Waals surface area (Å²) in [7, 11) is 0. The Morgan fingerprint density at radius 1 is 1.00 bits per heavy atom. The van der Waals surface area contributed by atoms with Crippen LogP contribution in [-0.4, -0.2) is 49.6 Å². The van der Waals surface area contributed by atoms with E-state index in [2.05, 4.69) is 69.8 Å². The number of nitriles is 1. The van der Waals surface area contributed by atoms with Crippen molar-refractivity contribution in [3.05, 3.63) is 117 Å². The maximum Gasteiger partial charge on any atom is 0.220 e. The summed E-state index contributed by atoms with van der Waals surface area (Å²) < 4.78 is 19.4. The van der Waals surface area contributed by atoms with Crippen LogP contribution in [0.15, 0.2) is 66.7 Å². The summed E-state index contributed by atoms with van der Waals surface area (Å²) in [5, 5.41) is 16.4. The summed E-state index contributed by atoms with van der Waals surface area (Å²) in [6.45, 7) is 15.0. The molecule has 278 valence electrons. The van der Waals surface area contributed by atoms with Crippen LogP contribution in [0, 0.1) is 24.8 Å². The van der Waals surface area contributed by atoms with Crippen LogP contribution in [0.25, 0.3) is 16.0 Å². The average Bonchev–Trinajstić information content (AvgIpc) is 3.87. The van der Waals surface area contributed by atoms with Crippen LogP contribution in [-0.2, 0) is 24.4 Å². The van der Waals surface area contributed by atoms with Crippen molar-refractivity contribution >= 4 is 23.2 Å². The highest BCUT2D eigenvalue weighted by molar-refractivity contribution is 6.32. The SMILES string of the molecule is [C-]#[N+]c1cc(C#N)cc(COc2cc(O[C@H]3CCc4c(-c5cccc(OCCCN6CCCC6)c5C)cccc43)c(Cl)cc2CN[C@H]2CCC(=O)NC2)c1. The molecule has 0 spiro atoms. The number of nitrogens with one attached hydrogen (secondary N) is 2. The highest BCUT2D eigenvalue weighted by atomic mass is 35.5. The quantitative estimate of drug-likeness (QED) is 0.0986. The molecule has 0 saturated carbocycles. The van der Waals surface area contributed by atoms with Crippen LogP contribution >= 0.6 is 11.6 Å². The van der Waals surface area contributed by atoms with Crippen LogP contribution in [0.2, 0.25) is 5.02 Å². The number of carbonyl (C=O) groups excluding carboxylic acids is 1. The van der Waals surface area contributed by atoms with Crippen molar-refractivity contribution in [3.8, 4) is 34.4 Å². The van der Waals surface area contributed by atoms with Gasteiger partial charge < -0.3 is 29.7 Å². The van der Waals surface area contributed by atoms with E-state index < -0.39 is 0 Å². The molecule has 2 N–H and O–H groups in total. The van der Waals surface area contributed by atoms with Crippen LogP contribution in [0.4, 0.5) is 5.69 Å². The normalized spacial score (nSPS) is 18.0. The number of benzene rings is 4. The van der Waals surface area contributed by atoms with Gasteiger partial charge in [0.2, 0.25) is 5.91 Å². The number of rotatable bonds is 14. The van der Waals surface area contributed by atoms with Gasteiger partial charge in [-0.3, -0.25) is 4.79 Å². The highest BCUT2D eigenvalue weighted by Gasteiger charge is 2.29. The van der Waals surface area contributed by atoms with E-state index in [4.69, 9.17) is 32.4 Å². The minimum absolute atomic E-state index is 0.0666. The van der Waals surface area contributed by atoms with E-state index in [1.54, 1.807) is 18.2 Å². The number of nitrogens with zero attached hydrogens (tertiary/aromatic N) is 3. The zero-order chi connectivity index (χ0) is 37.4. The molecule has 0 unspecified atom stereocenters. The molecule has 4 aromatic carbocycles. The number of amides is 1. The predicted octanol–water partition coefficient (Wildman–Crippen LogP) is 8.62. The first kappa shape index (κ1) is 37.3. The largest absolute Gasteiger partial charge is 0.493 e. The molecule has 3 aliphatic rings. The van der Waals surface area contributed by atoms with E-state index in [0.29, 0.717) is 53.9 Å². The lowest BCUT2D eigenvalue weighted by Gasteiger charge is -2.24. The number of hydrogen-bond acceptors (Lipinski definition) is 7. The number of fused-ring (bicyclic) bond motifs is 1. The standard InChI is InChI=1S/C44H46ClN5O4/c1-29-35(8-6-11-40(29)52-19-7-18-50-16-3-4-17-50)36-9-5-10-38-37(36)13-14-41(38)54-43-24-42(53-28-31-20-30(25-46)21-34(22-31)47-2)32(23-39(43)45)26-48-33-12-15-44(51)49-27-33/h5-6,8-11,20-24,33,41,48H,3-4,7,12-19,26-28H2,1H3,(H,49,51)/t33-,41-/m0/s1. The zero-order valence-corrected chi connectivity index (χ0v) is 31.5. The Morgan fingerprint density at radius 2 is 1.83 bits per heavy atom. The van der Waals surface area contributed by atoms with E-state index in [-0.39, 0.29) is 24.7 Å². The number of piperidine rings is 1. The van der Waals surface area contributed by atoms with E-state index in [0.717, 1.165) is 60.2 Å². The van der Waals surface area contributed by atoms with Gasteiger partial charge in [-0.25, -0.2) is 4.85 Å². The van der Waals surface area contributed by atoms with Crippen molar-refractivity contribution in [2.75, 3.05) is 32.8 Å². The Bertz CT molecular complexity index is 2040. The number of likely N-dealkylation sites (tertiary alicyclic amines) is 1. The maximum atomic E-state index is 11.7. The summed E-state index contributed by atoms with van der Waals surface area (Å²) in [6, 6.07) is 23.8. The summed E-state index contributed by atoms with van der Waals surface area (Å²) in [5.41, 5.74) is 8.29. The monoisotopic (exact) mass is 743 g/mol. The van der Waals surface area contributed by atoms with Gasteiger partial charge in [0.15, 0.2) is 5.69 Å². The van der Waals surface area contributed by atoms with Crippen molar-refractivity contribution in [1.29, 1.82) is 5.26 Å². The molecule has 10 heteroatoms. The van der Waals surface area contributed by atoms with Crippen LogP contribution in [0.1, 0.15) is 78.0 Å². The highest BCUT2D eigenvalue weighted by Crippen LogP contribution is 2.44. The molecule has 2 saturated heterocycles. The van der Waals surface area contributed by atoms with Crippen molar-refractivity contribution in [2.24, 2.45) is 0 Å². The Hall–Kier alpha value is -5.06. The minimum Gasteiger partial charge on any atom is -0.493 e. The molecule has 54 heavy (non-hydrogen) atoms. The molecule has 2 atom stereocenters. The van der Waals surface area contributed by atoms with Crippen LogP contribution in [0.3, 0.4) is 0 Å². The second-order valence-electron chi connectivity index (χ2n) is 14.4. The molecule has 0 radical (unpaired) electrons. The third-order valence-electron chi connectivity index (χ3n) is 10.7. The number of carbonyl (C=O) groups is 1. The minimum atomic E-state index is -0.195. The lowest BCUT2D eigenvalue weighted by atomic mass is 9.93. The Kier molecular flexibility index (Phi) is 12.0. The Balaban J connectivity index is 1.09. The van der Waals surface area contributed by atoms with Crippen molar-refractivity contribution in [2.45, 2.75) is 77.2 Å². The molecule has 2 heterocycles. The van der Waals surface area contributed by atoms with Crippen LogP contribution in [0.5, 0.6) is 17.2 Å². The number of hydrogen-bond donors (Lipinski definition) is 2. The third kappa shape index (κ3) is 8.83. The van der Waals surface area contributed by atoms with Gasteiger partial charge in [-0.2, -0.15) is 5.26 Å². The van der Waals surface area contributed by atoms with Crippen molar-refractivity contribution in [1.82, 2.24) is 15.5 Å². The second-order valence-corrected chi connectivity index (χ2v) is 14.8. The van der Waals surface area contributed by atoms with Gasteiger partial charge in [0.05, 0.1) is 24.3 Å². The number of halogens is 1. The third-order valence-corrected chi connectivity index (χ3v) is 11.0. The van der Waals surface area contributed by atoms with Gasteiger partial charge in [-0.15, -0.1) is 0 Å². The topological polar surface area (TPSA) is 100 Å². The molecule has 1 aliphatic carbocycles. The summed E-state index contributed by atoms with van der Waals surface area (Å²) in [4.78, 5) is 17.8. The van der Waals surface area contributed by atoms with Gasteiger partial charge in [0, 0.05) is 49.3 Å². The number of ether oxygens (including phenoxy) is 3. The van der Waals surface area contributed by atoms with E-state index in [9.17, 15) is 10.1 Å². The van der Waals surface area contributed by atoms with Gasteiger partial charge in [0.1, 0.15) is 30.0 Å².